The predicted molar refractivity (Wildman–Crippen MR) is 144 cm³/mol. The molecule has 4 N–H and O–H groups in total. The highest BCUT2D eigenvalue weighted by Gasteiger charge is 2.43. The molecule has 0 radical (unpaired) electrons. The van der Waals surface area contributed by atoms with E-state index in [0.29, 0.717) is 29.8 Å². The van der Waals surface area contributed by atoms with Gasteiger partial charge in [0.2, 0.25) is 0 Å². The Hall–Kier alpha value is -5.07. The van der Waals surface area contributed by atoms with Crippen molar-refractivity contribution in [1.29, 1.82) is 0 Å². The summed E-state index contributed by atoms with van der Waals surface area (Å²) in [6, 6.07) is 14.6. The van der Waals surface area contributed by atoms with Crippen molar-refractivity contribution in [2.24, 2.45) is 0 Å². The van der Waals surface area contributed by atoms with Crippen LogP contribution in [0.2, 0.25) is 0 Å². The normalized spacial score (nSPS) is 11.4. The second-order valence-corrected chi connectivity index (χ2v) is 8.68. The molecule has 0 saturated carbocycles. The lowest BCUT2D eigenvalue weighted by Crippen LogP contribution is -2.33. The lowest BCUT2D eigenvalue weighted by atomic mass is 10.2. The number of carbonyl (C=O) groups is 3. The van der Waals surface area contributed by atoms with E-state index in [0.717, 1.165) is 24.3 Å². The minimum Gasteiger partial charge on any atom is -0.463 e. The van der Waals surface area contributed by atoms with Gasteiger partial charge in [0.15, 0.2) is 0 Å². The quantitative estimate of drug-likeness (QED) is 0.0659. The van der Waals surface area contributed by atoms with Gasteiger partial charge in [-0.3, -0.25) is 0 Å². The summed E-state index contributed by atoms with van der Waals surface area (Å²) < 4.78 is 69.8. The Morgan fingerprint density at radius 3 is 1.93 bits per heavy atom. The van der Waals surface area contributed by atoms with Gasteiger partial charge in [-0.05, 0) is 79.1 Å². The second kappa shape index (κ2) is 14.5. The zero-order valence-electron chi connectivity index (χ0n) is 21.9. The first-order chi connectivity index (χ1) is 19.9. The van der Waals surface area contributed by atoms with E-state index in [-0.39, 0.29) is 30.1 Å². The molecule has 0 bridgehead atoms. The standard InChI is InChI=1S/C29H26F4N2O7/c30-28(31)29(32,33)42-24-10-6-19(7-11-24)27(38)41-23-8-3-18(4-9-23)5-12-25(36)39-13-1-2-14-40-26(37)20-15-21(34)17-22(35)16-20/h3-12,15-17,28H,1-2,13-14,34-35H2/b12-5+. The third kappa shape index (κ3) is 9.84. The van der Waals surface area contributed by atoms with Crippen LogP contribution in [0.5, 0.6) is 11.5 Å². The number of rotatable bonds is 13. The van der Waals surface area contributed by atoms with Crippen LogP contribution in [0.4, 0.5) is 28.9 Å². The zero-order valence-corrected chi connectivity index (χ0v) is 21.9. The highest BCUT2D eigenvalue weighted by atomic mass is 19.3. The Morgan fingerprint density at radius 2 is 1.33 bits per heavy atom. The monoisotopic (exact) mass is 590 g/mol. The van der Waals surface area contributed by atoms with Crippen LogP contribution < -0.4 is 20.9 Å². The van der Waals surface area contributed by atoms with Crippen molar-refractivity contribution in [3.63, 3.8) is 0 Å². The Kier molecular flexibility index (Phi) is 10.9. The van der Waals surface area contributed by atoms with Crippen molar-refractivity contribution in [2.75, 3.05) is 24.7 Å². The molecule has 0 amide bonds. The van der Waals surface area contributed by atoms with Gasteiger partial charge in [0, 0.05) is 17.5 Å². The number of benzene rings is 3. The average molecular weight is 591 g/mol. The summed E-state index contributed by atoms with van der Waals surface area (Å²) in [5.74, 6) is -2.36. The molecule has 9 nitrogen and oxygen atoms in total. The fraction of sp³-hybridized carbons (Fsp3) is 0.207. The number of hydrogen-bond donors (Lipinski definition) is 2. The van der Waals surface area contributed by atoms with Crippen molar-refractivity contribution >= 4 is 35.4 Å². The molecule has 3 aromatic carbocycles. The summed E-state index contributed by atoms with van der Waals surface area (Å²) in [6.45, 7) is 0.237. The summed E-state index contributed by atoms with van der Waals surface area (Å²) in [5, 5.41) is 0. The Bertz CT molecular complexity index is 1390. The molecule has 0 aliphatic heterocycles. The Labute approximate surface area is 237 Å². The molecule has 0 spiro atoms. The largest absolute Gasteiger partial charge is 0.463 e. The maximum atomic E-state index is 13.0. The van der Waals surface area contributed by atoms with E-state index in [1.807, 2.05) is 0 Å². The van der Waals surface area contributed by atoms with E-state index in [4.69, 9.17) is 25.7 Å². The lowest BCUT2D eigenvalue weighted by Gasteiger charge is -2.16. The van der Waals surface area contributed by atoms with Crippen LogP contribution in [0.15, 0.2) is 72.8 Å². The molecule has 0 aliphatic rings. The maximum absolute atomic E-state index is 13.0. The minimum atomic E-state index is -4.66. The summed E-state index contributed by atoms with van der Waals surface area (Å²) in [4.78, 5) is 36.2. The van der Waals surface area contributed by atoms with Crippen LogP contribution in [0, 0.1) is 0 Å². The Balaban J connectivity index is 1.36. The van der Waals surface area contributed by atoms with Crippen molar-refractivity contribution in [3.05, 3.63) is 89.5 Å². The van der Waals surface area contributed by atoms with Crippen LogP contribution in [0.1, 0.15) is 39.1 Å². The van der Waals surface area contributed by atoms with Gasteiger partial charge in [-0.2, -0.15) is 17.6 Å². The molecule has 42 heavy (non-hydrogen) atoms. The summed E-state index contributed by atoms with van der Waals surface area (Å²) in [7, 11) is 0. The molecule has 13 heteroatoms. The van der Waals surface area contributed by atoms with E-state index in [9.17, 15) is 31.9 Å². The van der Waals surface area contributed by atoms with Crippen molar-refractivity contribution in [2.45, 2.75) is 25.4 Å². The minimum absolute atomic E-state index is 0.0286. The number of unbranched alkanes of at least 4 members (excludes halogenated alkanes) is 1. The number of carbonyl (C=O) groups excluding carboxylic acids is 3. The first kappa shape index (κ1) is 31.5. The van der Waals surface area contributed by atoms with Crippen molar-refractivity contribution in [3.8, 4) is 11.5 Å². The zero-order chi connectivity index (χ0) is 30.7. The van der Waals surface area contributed by atoms with Crippen LogP contribution >= 0.6 is 0 Å². The third-order valence-electron chi connectivity index (χ3n) is 5.33. The molecule has 0 aliphatic carbocycles. The van der Waals surface area contributed by atoms with Gasteiger partial charge in [0.05, 0.1) is 24.3 Å². The van der Waals surface area contributed by atoms with E-state index < -0.39 is 36.2 Å². The number of anilines is 2. The van der Waals surface area contributed by atoms with E-state index in [1.54, 1.807) is 12.1 Å². The lowest BCUT2D eigenvalue weighted by molar-refractivity contribution is -0.253. The number of hydrogen-bond acceptors (Lipinski definition) is 9. The van der Waals surface area contributed by atoms with Crippen LogP contribution in [0.3, 0.4) is 0 Å². The van der Waals surface area contributed by atoms with Crippen LogP contribution in [-0.2, 0) is 14.3 Å². The molecule has 0 unspecified atom stereocenters. The second-order valence-electron chi connectivity index (χ2n) is 8.68. The molecule has 0 atom stereocenters. The Morgan fingerprint density at radius 1 is 0.762 bits per heavy atom. The van der Waals surface area contributed by atoms with Gasteiger partial charge in [0.1, 0.15) is 11.5 Å². The van der Waals surface area contributed by atoms with Gasteiger partial charge in [-0.1, -0.05) is 12.1 Å². The molecular weight excluding hydrogens is 564 g/mol. The van der Waals surface area contributed by atoms with E-state index >= 15 is 0 Å². The number of nitrogens with two attached hydrogens (primary N) is 2. The van der Waals surface area contributed by atoms with Gasteiger partial charge < -0.3 is 30.4 Å². The number of esters is 3. The fourth-order valence-corrected chi connectivity index (χ4v) is 3.31. The molecule has 0 fully saturated rings. The van der Waals surface area contributed by atoms with E-state index in [2.05, 4.69) is 4.74 Å². The van der Waals surface area contributed by atoms with Crippen molar-refractivity contribution < 1.29 is 50.9 Å². The van der Waals surface area contributed by atoms with Crippen LogP contribution in [0.25, 0.3) is 6.08 Å². The fourth-order valence-electron chi connectivity index (χ4n) is 3.31. The smallest absolute Gasteiger partial charge is 0.461 e. The average Bonchev–Trinajstić information content (AvgIpc) is 2.94. The topological polar surface area (TPSA) is 140 Å². The van der Waals surface area contributed by atoms with Gasteiger partial charge >= 0.3 is 30.4 Å². The van der Waals surface area contributed by atoms with Gasteiger partial charge in [0.25, 0.3) is 0 Å². The number of alkyl halides is 4. The summed E-state index contributed by atoms with van der Waals surface area (Å²) >= 11 is 0. The molecule has 3 aromatic rings. The molecule has 0 saturated heterocycles. The first-order valence-corrected chi connectivity index (χ1v) is 12.4. The molecule has 0 aromatic heterocycles. The maximum Gasteiger partial charge on any atom is 0.461 e. The van der Waals surface area contributed by atoms with Crippen molar-refractivity contribution in [1.82, 2.24) is 0 Å². The molecule has 0 heterocycles. The SMILES string of the molecule is Nc1cc(N)cc(C(=O)OCCCCOC(=O)/C=C/c2ccc(OC(=O)c3ccc(OC(F)(F)C(F)F)cc3)cc2)c1. The molecule has 3 rings (SSSR count). The van der Waals surface area contributed by atoms with Gasteiger partial charge in [-0.25, -0.2) is 14.4 Å². The summed E-state index contributed by atoms with van der Waals surface area (Å²) in [6.07, 6.45) is -5.04. The highest BCUT2D eigenvalue weighted by molar-refractivity contribution is 5.92. The number of ether oxygens (including phenoxy) is 4. The third-order valence-corrected chi connectivity index (χ3v) is 5.33. The highest BCUT2D eigenvalue weighted by Crippen LogP contribution is 2.27. The number of halogens is 4. The summed E-state index contributed by atoms with van der Waals surface area (Å²) in [5.41, 5.74) is 12.8. The molecule has 222 valence electrons. The first-order valence-electron chi connectivity index (χ1n) is 12.4. The number of nitrogen functional groups attached to an aromatic ring is 2. The van der Waals surface area contributed by atoms with Gasteiger partial charge in [-0.15, -0.1) is 0 Å². The van der Waals surface area contributed by atoms with E-state index in [1.165, 1.54) is 42.5 Å². The molecular formula is C29H26F4N2O7. The predicted octanol–water partition coefficient (Wildman–Crippen LogP) is 5.50. The van der Waals surface area contributed by atoms with Crippen LogP contribution in [-0.4, -0.2) is 43.7 Å².